The van der Waals surface area contributed by atoms with Gasteiger partial charge in [0.05, 0.1) is 0 Å². The van der Waals surface area contributed by atoms with Gasteiger partial charge in [-0.3, -0.25) is 6.08 Å². The van der Waals surface area contributed by atoms with Crippen molar-refractivity contribution in [2.45, 2.75) is 19.8 Å². The Hall–Kier alpha value is 0.640. The van der Waals surface area contributed by atoms with Gasteiger partial charge in [-0.05, 0) is 6.42 Å². The maximum absolute atomic E-state index is 3.30. The third kappa shape index (κ3) is 7.62. The quantitative estimate of drug-likeness (QED) is 0.489. The zero-order chi connectivity index (χ0) is 9.68. The van der Waals surface area contributed by atoms with E-state index < -0.39 is 0 Å². The van der Waals surface area contributed by atoms with E-state index in [9.17, 15) is 0 Å². The molecule has 0 atom stereocenters. The molecule has 0 aliphatic heterocycles. The van der Waals surface area contributed by atoms with Crippen LogP contribution >= 0.6 is 24.8 Å². The predicted molar refractivity (Wildman–Crippen MR) is 82.8 cm³/mol. The molecule has 17 heavy (non-hydrogen) atoms. The van der Waals surface area contributed by atoms with Crippen LogP contribution in [-0.2, 0) is 23.3 Å². The summed E-state index contributed by atoms with van der Waals surface area (Å²) in [5.41, 5.74) is 4.18. The Labute approximate surface area is 136 Å². The molecule has 0 nitrogen and oxygen atoms in total. The molecule has 98 valence electrons. The van der Waals surface area contributed by atoms with E-state index in [1.165, 1.54) is 16.7 Å². The van der Waals surface area contributed by atoms with Crippen molar-refractivity contribution in [1.29, 1.82) is 0 Å². The summed E-state index contributed by atoms with van der Waals surface area (Å²) in [6.07, 6.45) is 14.2. The Morgan fingerprint density at radius 1 is 1.24 bits per heavy atom. The normalized spacial score (nSPS) is 14.2. The van der Waals surface area contributed by atoms with Gasteiger partial charge in [0.25, 0.3) is 0 Å². The van der Waals surface area contributed by atoms with Gasteiger partial charge in [-0.2, -0.15) is 11.6 Å². The molecular weight excluding hydrogens is 346 g/mol. The average Bonchev–Trinajstić information content (AvgIpc) is 2.77. The third-order valence-electron chi connectivity index (χ3n) is 2.19. The van der Waals surface area contributed by atoms with Crippen LogP contribution in [0.4, 0.5) is 0 Å². The van der Waals surface area contributed by atoms with Gasteiger partial charge in [0.15, 0.2) is 0 Å². The minimum atomic E-state index is 0. The molecule has 0 aromatic heterocycles. The molecule has 0 unspecified atom stereocenters. The zero-order valence-corrected chi connectivity index (χ0v) is 16.3. The number of hydrogen-bond acceptors (Lipinski definition) is 0. The van der Waals surface area contributed by atoms with E-state index in [0.717, 1.165) is 12.8 Å². The van der Waals surface area contributed by atoms with Crippen LogP contribution in [0.15, 0.2) is 41.0 Å². The summed E-state index contributed by atoms with van der Waals surface area (Å²) in [6.45, 7) is 4.09. The van der Waals surface area contributed by atoms with Crippen molar-refractivity contribution in [3.8, 4) is 0 Å². The van der Waals surface area contributed by atoms with Gasteiger partial charge in [0, 0.05) is 0 Å². The first-order valence-electron chi connectivity index (χ1n) is 4.37. The average molecular weight is 368 g/mol. The summed E-state index contributed by atoms with van der Waals surface area (Å²) in [5.74, 6) is 0. The molecule has 2 rings (SSSR count). The first kappa shape index (κ1) is 26.3. The summed E-state index contributed by atoms with van der Waals surface area (Å²) in [7, 11) is 0. The summed E-state index contributed by atoms with van der Waals surface area (Å²) in [5, 5.41) is 0. The van der Waals surface area contributed by atoms with Crippen LogP contribution in [0.25, 0.3) is 0 Å². The predicted octanol–water partition coefficient (Wildman–Crippen LogP) is 3.78. The van der Waals surface area contributed by atoms with E-state index in [0.29, 0.717) is 0 Å². The zero-order valence-electron chi connectivity index (χ0n) is 10.7. The molecule has 0 amide bonds. The topological polar surface area (TPSA) is 0 Å². The number of hydrogen-bond donors (Lipinski definition) is 0. The van der Waals surface area contributed by atoms with Crippen molar-refractivity contribution in [3.63, 3.8) is 0 Å². The van der Waals surface area contributed by atoms with Gasteiger partial charge in [-0.15, -0.1) is 36.8 Å². The maximum atomic E-state index is 3.30. The molecule has 4 heteroatoms. The summed E-state index contributed by atoms with van der Waals surface area (Å²) >= 11 is 1.58. The molecule has 0 saturated heterocycles. The summed E-state index contributed by atoms with van der Waals surface area (Å²) in [4.78, 5) is 0. The van der Waals surface area contributed by atoms with Crippen molar-refractivity contribution in [2.24, 2.45) is 0 Å². The van der Waals surface area contributed by atoms with Crippen LogP contribution in [0.2, 0.25) is 0 Å². The fourth-order valence-corrected chi connectivity index (χ4v) is 1.57. The van der Waals surface area contributed by atoms with Crippen LogP contribution < -0.4 is 0 Å². The summed E-state index contributed by atoms with van der Waals surface area (Å²) < 4.78 is 0. The molecule has 0 bridgehead atoms. The second kappa shape index (κ2) is 14.7. The van der Waals surface area contributed by atoms with Crippen molar-refractivity contribution in [3.05, 3.63) is 62.0 Å². The Morgan fingerprint density at radius 2 is 1.82 bits per heavy atom. The van der Waals surface area contributed by atoms with Gasteiger partial charge < -0.3 is 14.9 Å². The van der Waals surface area contributed by atoms with Gasteiger partial charge in [-0.1, -0.05) is 25.2 Å². The molecule has 2 aliphatic carbocycles. The minimum absolute atomic E-state index is 0. The van der Waals surface area contributed by atoms with Gasteiger partial charge in [0.2, 0.25) is 0 Å². The monoisotopic (exact) mass is 365 g/mol. The van der Waals surface area contributed by atoms with Crippen LogP contribution in [0.5, 0.6) is 0 Å². The summed E-state index contributed by atoms with van der Waals surface area (Å²) in [6, 6.07) is 0. The SMILES string of the molecule is CC1=[C-]CC=C1C1=CC=CC1.Cl.Cl.[CH3-].[CH3-].[SiH2]=[Zr]. The molecule has 0 heterocycles. The second-order valence-corrected chi connectivity index (χ2v) is 2.95. The molecule has 2 aliphatic rings. The molecule has 0 fully saturated rings. The van der Waals surface area contributed by atoms with E-state index in [4.69, 9.17) is 0 Å². The fraction of sp³-hybridized carbons (Fsp3) is 0.231. The van der Waals surface area contributed by atoms with Gasteiger partial charge >= 0.3 is 30.2 Å². The molecule has 0 saturated carbocycles. The van der Waals surface area contributed by atoms with E-state index in [2.05, 4.69) is 37.3 Å². The molecule has 0 aromatic carbocycles. The van der Waals surface area contributed by atoms with E-state index in [1.807, 2.05) is 6.88 Å². The van der Waals surface area contributed by atoms with Crippen LogP contribution in [0, 0.1) is 20.9 Å². The second-order valence-electron chi connectivity index (χ2n) is 2.95. The van der Waals surface area contributed by atoms with Crippen molar-refractivity contribution >= 4 is 31.7 Å². The first-order chi connectivity index (χ1) is 6.38. The van der Waals surface area contributed by atoms with Gasteiger partial charge in [-0.25, -0.2) is 5.57 Å². The Bertz CT molecular complexity index is 317. The van der Waals surface area contributed by atoms with Crippen LogP contribution in [-0.4, -0.2) is 6.88 Å². The van der Waals surface area contributed by atoms with Crippen molar-refractivity contribution in [2.75, 3.05) is 0 Å². The Kier molecular flexibility index (Phi) is 22.7. The molecule has 0 aromatic rings. The third-order valence-corrected chi connectivity index (χ3v) is 2.19. The molecule has 0 spiro atoms. The first-order valence-corrected chi connectivity index (χ1v) is 10.3. The van der Waals surface area contributed by atoms with E-state index >= 15 is 0 Å². The van der Waals surface area contributed by atoms with Crippen LogP contribution in [0.1, 0.15) is 19.8 Å². The van der Waals surface area contributed by atoms with Crippen molar-refractivity contribution in [1.82, 2.24) is 0 Å². The molecule has 0 N–H and O–H groups in total. The molecule has 0 radical (unpaired) electrons. The Morgan fingerprint density at radius 3 is 2.18 bits per heavy atom. The standard InChI is InChI=1S/C11H11.2CH3.2ClH.H2Si.Zr/c1-9-5-4-8-11(9)10-6-2-3-7-10;;;;;;/h2-3,6,8H,4,7H2,1H3;2*1H3;2*1H;1H2;/q3*-1;;;;. The number of rotatable bonds is 1. The van der Waals surface area contributed by atoms with Gasteiger partial charge in [0.1, 0.15) is 0 Å². The Balaban J connectivity index is -0.000000134. The number of halogens is 2. The number of allylic oxidation sites excluding steroid dienone is 8. The fourth-order valence-electron chi connectivity index (χ4n) is 1.57. The molecular formula is C13H21Cl2SiZr-3. The van der Waals surface area contributed by atoms with E-state index in [-0.39, 0.29) is 39.7 Å². The van der Waals surface area contributed by atoms with Crippen molar-refractivity contribution < 1.29 is 23.3 Å². The van der Waals surface area contributed by atoms with E-state index in [1.54, 1.807) is 23.3 Å². The van der Waals surface area contributed by atoms with Crippen LogP contribution in [0.3, 0.4) is 0 Å².